The molecule has 0 bridgehead atoms. The van der Waals surface area contributed by atoms with E-state index in [-0.39, 0.29) is 12.8 Å². The van der Waals surface area contributed by atoms with Gasteiger partial charge in [-0.1, -0.05) is 39.8 Å². The highest BCUT2D eigenvalue weighted by Crippen LogP contribution is 2.25. The number of nitrogens with zero attached hydrogens (tertiary/aromatic N) is 1. The van der Waals surface area contributed by atoms with E-state index >= 15 is 0 Å². The van der Waals surface area contributed by atoms with E-state index in [4.69, 9.17) is 4.74 Å². The molecule has 1 N–H and O–H groups in total. The zero-order chi connectivity index (χ0) is 17.6. The van der Waals surface area contributed by atoms with E-state index in [1.165, 1.54) is 5.56 Å². The first-order valence-corrected chi connectivity index (χ1v) is 8.44. The average Bonchev–Trinajstić information content (AvgIpc) is 2.45. The molecule has 4 heteroatoms. The molecule has 4 nitrogen and oxygen atoms in total. The minimum atomic E-state index is -0.0599. The molecule has 0 atom stereocenters. The van der Waals surface area contributed by atoms with Gasteiger partial charge in [-0.15, -0.1) is 0 Å². The second-order valence-corrected chi connectivity index (χ2v) is 7.12. The van der Waals surface area contributed by atoms with Gasteiger partial charge < -0.3 is 15.0 Å². The Bertz CT molecular complexity index is 514. The number of hydrogen-bond donors (Lipinski definition) is 1. The second-order valence-electron chi connectivity index (χ2n) is 7.12. The van der Waals surface area contributed by atoms with Crippen LogP contribution < -0.4 is 10.1 Å². The molecule has 130 valence electrons. The average molecular weight is 320 g/mol. The molecular weight excluding hydrogens is 288 g/mol. The van der Waals surface area contributed by atoms with Crippen LogP contribution in [0.25, 0.3) is 0 Å². The fourth-order valence-corrected chi connectivity index (χ4v) is 2.55. The number of hydrogen-bond acceptors (Lipinski definition) is 2. The van der Waals surface area contributed by atoms with Crippen LogP contribution in [0, 0.1) is 32.6 Å². The Morgan fingerprint density at radius 3 is 2.09 bits per heavy atom. The van der Waals surface area contributed by atoms with Gasteiger partial charge in [0, 0.05) is 13.1 Å². The molecule has 0 radical (unpaired) electrons. The van der Waals surface area contributed by atoms with Crippen LogP contribution in [-0.4, -0.2) is 30.8 Å². The van der Waals surface area contributed by atoms with E-state index in [1.54, 1.807) is 0 Å². The van der Waals surface area contributed by atoms with Gasteiger partial charge in [0.1, 0.15) is 5.75 Å². The quantitative estimate of drug-likeness (QED) is 0.762. The van der Waals surface area contributed by atoms with Gasteiger partial charge in [-0.05, 0) is 49.3 Å². The number of benzene rings is 1. The molecule has 0 aliphatic heterocycles. The van der Waals surface area contributed by atoms with Gasteiger partial charge in [-0.3, -0.25) is 0 Å². The lowest BCUT2D eigenvalue weighted by atomic mass is 10.1. The van der Waals surface area contributed by atoms with Crippen LogP contribution in [0.5, 0.6) is 5.75 Å². The second kappa shape index (κ2) is 8.80. The van der Waals surface area contributed by atoms with E-state index in [0.717, 1.165) is 30.0 Å². The molecule has 0 aliphatic carbocycles. The number of urea groups is 1. The Morgan fingerprint density at radius 2 is 1.57 bits per heavy atom. The molecule has 0 fully saturated rings. The first kappa shape index (κ1) is 19.3. The van der Waals surface area contributed by atoms with E-state index in [0.29, 0.717) is 11.8 Å². The Morgan fingerprint density at radius 1 is 1.04 bits per heavy atom. The predicted molar refractivity (Wildman–Crippen MR) is 95.9 cm³/mol. The summed E-state index contributed by atoms with van der Waals surface area (Å²) in [5.74, 6) is 1.76. The minimum Gasteiger partial charge on any atom is -0.473 e. The van der Waals surface area contributed by atoms with Crippen molar-refractivity contribution in [2.75, 3.05) is 19.8 Å². The van der Waals surface area contributed by atoms with E-state index in [2.05, 4.69) is 46.0 Å². The van der Waals surface area contributed by atoms with Crippen molar-refractivity contribution in [3.8, 4) is 5.75 Å². The van der Waals surface area contributed by atoms with Gasteiger partial charge >= 0.3 is 6.03 Å². The molecule has 23 heavy (non-hydrogen) atoms. The number of nitrogens with one attached hydrogen (secondary N) is 1. The molecule has 0 unspecified atom stereocenters. The van der Waals surface area contributed by atoms with Crippen molar-refractivity contribution in [3.63, 3.8) is 0 Å². The lowest BCUT2D eigenvalue weighted by Crippen LogP contribution is -2.44. The smallest absolute Gasteiger partial charge is 0.320 e. The Labute approximate surface area is 141 Å². The standard InChI is InChI=1S/C19H32N2O2/c1-13(2)10-21(11-14(3)4)19(22)20-12-23-18-16(6)9-8-15(5)17(18)7/h8-9,13-14H,10-12H2,1-7H3,(H,20,22). The molecule has 1 rings (SSSR count). The number of carbonyl (C=O) groups excluding carboxylic acids is 1. The Balaban J connectivity index is 2.62. The van der Waals surface area contributed by atoms with E-state index in [1.807, 2.05) is 24.8 Å². The van der Waals surface area contributed by atoms with E-state index in [9.17, 15) is 4.79 Å². The summed E-state index contributed by atoms with van der Waals surface area (Å²) in [6.45, 7) is 16.3. The number of amides is 2. The molecule has 0 aromatic heterocycles. The topological polar surface area (TPSA) is 41.6 Å². The number of ether oxygens (including phenoxy) is 1. The van der Waals surface area contributed by atoms with Crippen molar-refractivity contribution in [3.05, 3.63) is 28.8 Å². The van der Waals surface area contributed by atoms with Gasteiger partial charge in [0.05, 0.1) is 0 Å². The summed E-state index contributed by atoms with van der Waals surface area (Å²) in [5.41, 5.74) is 3.40. The third kappa shape index (κ3) is 6.12. The number of carbonyl (C=O) groups is 1. The van der Waals surface area contributed by atoms with E-state index < -0.39 is 0 Å². The monoisotopic (exact) mass is 320 g/mol. The van der Waals surface area contributed by atoms with Crippen molar-refractivity contribution in [2.45, 2.75) is 48.5 Å². The summed E-state index contributed by atoms with van der Waals surface area (Å²) in [6, 6.07) is 4.07. The molecule has 0 aliphatic rings. The summed E-state index contributed by atoms with van der Waals surface area (Å²) >= 11 is 0. The maximum atomic E-state index is 12.4. The van der Waals surface area contributed by atoms with Crippen LogP contribution in [0.1, 0.15) is 44.4 Å². The summed E-state index contributed by atoms with van der Waals surface area (Å²) in [6.07, 6.45) is 0. The van der Waals surface area contributed by atoms with Gasteiger partial charge in [0.25, 0.3) is 0 Å². The third-order valence-corrected chi connectivity index (χ3v) is 3.77. The van der Waals surface area contributed by atoms with Crippen LogP contribution in [0.3, 0.4) is 0 Å². The highest BCUT2D eigenvalue weighted by Gasteiger charge is 2.16. The first-order valence-electron chi connectivity index (χ1n) is 8.44. The first-order chi connectivity index (χ1) is 10.7. The summed E-state index contributed by atoms with van der Waals surface area (Å²) < 4.78 is 5.82. The summed E-state index contributed by atoms with van der Waals surface area (Å²) in [5, 5.41) is 2.88. The fourth-order valence-electron chi connectivity index (χ4n) is 2.55. The highest BCUT2D eigenvalue weighted by atomic mass is 16.5. The number of rotatable bonds is 7. The SMILES string of the molecule is Cc1ccc(C)c(OCNC(=O)N(CC(C)C)CC(C)C)c1C. The summed E-state index contributed by atoms with van der Waals surface area (Å²) in [7, 11) is 0. The largest absolute Gasteiger partial charge is 0.473 e. The minimum absolute atomic E-state index is 0.0599. The normalized spacial score (nSPS) is 11.0. The van der Waals surface area contributed by atoms with Gasteiger partial charge in [0.15, 0.2) is 6.73 Å². The molecule has 0 saturated heterocycles. The predicted octanol–water partition coefficient (Wildman–Crippen LogP) is 4.27. The molecule has 0 heterocycles. The van der Waals surface area contributed by atoms with Crippen molar-refractivity contribution in [2.24, 2.45) is 11.8 Å². The number of aryl methyl sites for hydroxylation is 2. The van der Waals surface area contributed by atoms with Crippen LogP contribution in [0.15, 0.2) is 12.1 Å². The lowest BCUT2D eigenvalue weighted by molar-refractivity contribution is 0.171. The lowest BCUT2D eigenvalue weighted by Gasteiger charge is -2.26. The Kier molecular flexibility index (Phi) is 7.40. The third-order valence-electron chi connectivity index (χ3n) is 3.77. The van der Waals surface area contributed by atoms with Crippen LogP contribution in [0.2, 0.25) is 0 Å². The van der Waals surface area contributed by atoms with Crippen molar-refractivity contribution >= 4 is 6.03 Å². The summed E-state index contributed by atoms with van der Waals surface area (Å²) in [4.78, 5) is 14.2. The zero-order valence-electron chi connectivity index (χ0n) is 15.7. The fraction of sp³-hybridized carbons (Fsp3) is 0.632. The molecule has 1 aromatic rings. The molecule has 0 spiro atoms. The Hall–Kier alpha value is -1.71. The zero-order valence-corrected chi connectivity index (χ0v) is 15.7. The maximum absolute atomic E-state index is 12.4. The van der Waals surface area contributed by atoms with Crippen LogP contribution in [0.4, 0.5) is 4.79 Å². The molecule has 0 saturated carbocycles. The van der Waals surface area contributed by atoms with Crippen molar-refractivity contribution in [1.29, 1.82) is 0 Å². The van der Waals surface area contributed by atoms with Crippen molar-refractivity contribution in [1.82, 2.24) is 10.2 Å². The highest BCUT2D eigenvalue weighted by molar-refractivity contribution is 5.74. The van der Waals surface area contributed by atoms with Gasteiger partial charge in [-0.25, -0.2) is 4.79 Å². The molecule has 1 aromatic carbocycles. The van der Waals surface area contributed by atoms with Gasteiger partial charge in [-0.2, -0.15) is 0 Å². The molecule has 2 amide bonds. The molecular formula is C19H32N2O2. The maximum Gasteiger partial charge on any atom is 0.320 e. The van der Waals surface area contributed by atoms with Crippen LogP contribution in [-0.2, 0) is 0 Å². The van der Waals surface area contributed by atoms with Crippen molar-refractivity contribution < 1.29 is 9.53 Å². The van der Waals surface area contributed by atoms with Gasteiger partial charge in [0.2, 0.25) is 0 Å². The van der Waals surface area contributed by atoms with Crippen LogP contribution >= 0.6 is 0 Å².